The molecule has 1 aromatic heterocycles. The predicted molar refractivity (Wildman–Crippen MR) is 72.2 cm³/mol. The SMILES string of the molecule is C#CCO/C(=C(/C)n1ccnc1)c1ccc(F)cc1F. The second-order valence-corrected chi connectivity index (χ2v) is 4.00. The van der Waals surface area contributed by atoms with E-state index >= 15 is 0 Å². The first kappa shape index (κ1) is 13.8. The van der Waals surface area contributed by atoms with E-state index in [0.29, 0.717) is 5.70 Å². The fourth-order valence-electron chi connectivity index (χ4n) is 1.74. The first-order valence-corrected chi connectivity index (χ1v) is 5.84. The van der Waals surface area contributed by atoms with Crippen LogP contribution in [-0.2, 0) is 4.74 Å². The van der Waals surface area contributed by atoms with Gasteiger partial charge in [0.2, 0.25) is 0 Å². The monoisotopic (exact) mass is 274 g/mol. The van der Waals surface area contributed by atoms with E-state index in [1.807, 2.05) is 0 Å². The molecule has 0 aliphatic heterocycles. The zero-order valence-corrected chi connectivity index (χ0v) is 10.8. The maximum Gasteiger partial charge on any atom is 0.150 e. The molecule has 0 atom stereocenters. The van der Waals surface area contributed by atoms with Crippen molar-refractivity contribution in [2.75, 3.05) is 6.61 Å². The van der Waals surface area contributed by atoms with Gasteiger partial charge < -0.3 is 9.30 Å². The van der Waals surface area contributed by atoms with Gasteiger partial charge in [-0.15, -0.1) is 6.42 Å². The second kappa shape index (κ2) is 6.02. The van der Waals surface area contributed by atoms with Crippen molar-refractivity contribution in [1.82, 2.24) is 9.55 Å². The first-order valence-electron chi connectivity index (χ1n) is 5.84. The molecular formula is C15H12F2N2O. The third-order valence-corrected chi connectivity index (χ3v) is 2.70. The molecule has 0 amide bonds. The fourth-order valence-corrected chi connectivity index (χ4v) is 1.74. The Labute approximate surface area is 115 Å². The molecule has 0 radical (unpaired) electrons. The normalized spacial score (nSPS) is 11.7. The Morgan fingerprint density at radius 1 is 1.45 bits per heavy atom. The lowest BCUT2D eigenvalue weighted by molar-refractivity contribution is 0.324. The van der Waals surface area contributed by atoms with Crippen LogP contribution in [0.25, 0.3) is 11.5 Å². The lowest BCUT2D eigenvalue weighted by Gasteiger charge is -2.14. The maximum absolute atomic E-state index is 13.9. The third-order valence-electron chi connectivity index (χ3n) is 2.70. The topological polar surface area (TPSA) is 27.1 Å². The molecule has 0 fully saturated rings. The fraction of sp³-hybridized carbons (Fsp3) is 0.133. The van der Waals surface area contributed by atoms with Gasteiger partial charge in [0, 0.05) is 18.5 Å². The van der Waals surface area contributed by atoms with Gasteiger partial charge >= 0.3 is 0 Å². The summed E-state index contributed by atoms with van der Waals surface area (Å²) in [5.74, 6) is 1.21. The number of nitrogens with zero attached hydrogens (tertiary/aromatic N) is 2. The van der Waals surface area contributed by atoms with Crippen LogP contribution in [0.4, 0.5) is 8.78 Å². The number of hydrogen-bond donors (Lipinski definition) is 0. The standard InChI is InChI=1S/C15H12F2N2O/c1-3-8-20-15(11(2)19-7-6-18-10-19)13-5-4-12(16)9-14(13)17/h1,4-7,9-10H,8H2,2H3/b15-11-. The molecule has 1 heterocycles. The van der Waals surface area contributed by atoms with Gasteiger partial charge in [-0.2, -0.15) is 0 Å². The Kier molecular flexibility index (Phi) is 4.16. The molecule has 3 nitrogen and oxygen atoms in total. The van der Waals surface area contributed by atoms with Crippen molar-refractivity contribution >= 4 is 11.5 Å². The quantitative estimate of drug-likeness (QED) is 0.632. The number of rotatable bonds is 4. The van der Waals surface area contributed by atoms with Crippen LogP contribution in [0, 0.1) is 24.0 Å². The van der Waals surface area contributed by atoms with Gasteiger partial charge in [-0.1, -0.05) is 5.92 Å². The number of terminal acetylenes is 1. The molecule has 2 rings (SSSR count). The van der Waals surface area contributed by atoms with Gasteiger partial charge in [0.1, 0.15) is 24.0 Å². The summed E-state index contributed by atoms with van der Waals surface area (Å²) in [5, 5.41) is 0. The Balaban J connectivity index is 2.53. The lowest BCUT2D eigenvalue weighted by Crippen LogP contribution is -2.02. The van der Waals surface area contributed by atoms with Crippen molar-refractivity contribution in [3.63, 3.8) is 0 Å². The van der Waals surface area contributed by atoms with E-state index in [2.05, 4.69) is 10.9 Å². The van der Waals surface area contributed by atoms with Crippen LogP contribution in [0.1, 0.15) is 12.5 Å². The number of ether oxygens (including phenoxy) is 1. The van der Waals surface area contributed by atoms with E-state index in [-0.39, 0.29) is 17.9 Å². The zero-order valence-electron chi connectivity index (χ0n) is 10.8. The second-order valence-electron chi connectivity index (χ2n) is 4.00. The van der Waals surface area contributed by atoms with Gasteiger partial charge in [-0.25, -0.2) is 13.8 Å². The molecule has 0 unspecified atom stereocenters. The van der Waals surface area contributed by atoms with E-state index < -0.39 is 11.6 Å². The third kappa shape index (κ3) is 2.86. The first-order chi connectivity index (χ1) is 9.63. The van der Waals surface area contributed by atoms with Crippen molar-refractivity contribution < 1.29 is 13.5 Å². The van der Waals surface area contributed by atoms with E-state index in [4.69, 9.17) is 11.2 Å². The van der Waals surface area contributed by atoms with Crippen molar-refractivity contribution in [3.8, 4) is 12.3 Å². The molecule has 0 aliphatic rings. The van der Waals surface area contributed by atoms with Gasteiger partial charge in [-0.3, -0.25) is 0 Å². The van der Waals surface area contributed by atoms with Crippen LogP contribution in [0.2, 0.25) is 0 Å². The van der Waals surface area contributed by atoms with Crippen LogP contribution >= 0.6 is 0 Å². The van der Waals surface area contributed by atoms with E-state index in [0.717, 1.165) is 6.07 Å². The Hall–Kier alpha value is -2.61. The van der Waals surface area contributed by atoms with E-state index in [9.17, 15) is 8.78 Å². The highest BCUT2D eigenvalue weighted by Crippen LogP contribution is 2.25. The molecule has 0 saturated carbocycles. The van der Waals surface area contributed by atoms with Crippen molar-refractivity contribution in [3.05, 3.63) is 54.1 Å². The minimum Gasteiger partial charge on any atom is -0.478 e. The van der Waals surface area contributed by atoms with Crippen LogP contribution in [0.3, 0.4) is 0 Å². The summed E-state index contributed by atoms with van der Waals surface area (Å²) < 4.78 is 34.0. The van der Waals surface area contributed by atoms with Crippen LogP contribution in [0.5, 0.6) is 0 Å². The molecule has 0 saturated heterocycles. The van der Waals surface area contributed by atoms with Crippen molar-refractivity contribution in [1.29, 1.82) is 0 Å². The molecule has 0 aliphatic carbocycles. The van der Waals surface area contributed by atoms with Gasteiger partial charge in [0.15, 0.2) is 0 Å². The average molecular weight is 274 g/mol. The summed E-state index contributed by atoms with van der Waals surface area (Å²) in [4.78, 5) is 3.92. The molecule has 5 heteroatoms. The molecule has 0 N–H and O–H groups in total. The number of hydrogen-bond acceptors (Lipinski definition) is 2. The molecule has 20 heavy (non-hydrogen) atoms. The number of halogens is 2. The highest BCUT2D eigenvalue weighted by atomic mass is 19.1. The Morgan fingerprint density at radius 2 is 2.25 bits per heavy atom. The van der Waals surface area contributed by atoms with Gasteiger partial charge in [-0.05, 0) is 19.1 Å². The van der Waals surface area contributed by atoms with Gasteiger partial charge in [0.25, 0.3) is 0 Å². The van der Waals surface area contributed by atoms with E-state index in [1.165, 1.54) is 12.1 Å². The molecular weight excluding hydrogens is 262 g/mol. The van der Waals surface area contributed by atoms with Gasteiger partial charge in [0.05, 0.1) is 17.6 Å². The molecule has 1 aromatic carbocycles. The minimum atomic E-state index is -0.712. The maximum atomic E-state index is 13.9. The molecule has 102 valence electrons. The number of benzene rings is 1. The Morgan fingerprint density at radius 3 is 2.85 bits per heavy atom. The summed E-state index contributed by atoms with van der Waals surface area (Å²) in [7, 11) is 0. The average Bonchev–Trinajstić information content (AvgIpc) is 2.94. The molecule has 2 aromatic rings. The summed E-state index contributed by atoms with van der Waals surface area (Å²) in [6, 6.07) is 3.28. The summed E-state index contributed by atoms with van der Waals surface area (Å²) >= 11 is 0. The summed E-state index contributed by atoms with van der Waals surface area (Å²) in [6.45, 7) is 1.72. The molecule has 0 bridgehead atoms. The highest BCUT2D eigenvalue weighted by molar-refractivity contribution is 5.78. The number of aromatic nitrogens is 2. The highest BCUT2D eigenvalue weighted by Gasteiger charge is 2.14. The largest absolute Gasteiger partial charge is 0.478 e. The van der Waals surface area contributed by atoms with Crippen LogP contribution < -0.4 is 0 Å². The van der Waals surface area contributed by atoms with Crippen LogP contribution in [-0.4, -0.2) is 16.2 Å². The van der Waals surface area contributed by atoms with Crippen molar-refractivity contribution in [2.24, 2.45) is 0 Å². The lowest BCUT2D eigenvalue weighted by atomic mass is 10.1. The minimum absolute atomic E-state index is 0.0157. The zero-order chi connectivity index (χ0) is 14.5. The smallest absolute Gasteiger partial charge is 0.150 e. The molecule has 0 spiro atoms. The van der Waals surface area contributed by atoms with Crippen LogP contribution in [0.15, 0.2) is 36.9 Å². The van der Waals surface area contributed by atoms with Crippen molar-refractivity contribution in [2.45, 2.75) is 6.92 Å². The predicted octanol–water partition coefficient (Wildman–Crippen LogP) is 3.16. The number of imidazole rings is 1. The summed E-state index contributed by atoms with van der Waals surface area (Å²) in [6.07, 6.45) is 9.99. The van der Waals surface area contributed by atoms with E-state index in [1.54, 1.807) is 30.2 Å². The summed E-state index contributed by atoms with van der Waals surface area (Å²) in [5.41, 5.74) is 0.746. The number of allylic oxidation sites excluding steroid dienone is 1. The Bertz CT molecular complexity index is 670.